The van der Waals surface area contributed by atoms with Crippen molar-refractivity contribution in [1.82, 2.24) is 10.2 Å². The first-order chi connectivity index (χ1) is 12.1. The topological polar surface area (TPSA) is 71.1 Å². The summed E-state index contributed by atoms with van der Waals surface area (Å²) in [6.45, 7) is 8.50. The lowest BCUT2D eigenvalue weighted by Gasteiger charge is -2.28. The van der Waals surface area contributed by atoms with Crippen LogP contribution in [-0.4, -0.2) is 62.7 Å². The zero-order chi connectivity index (χ0) is 17.8. The highest BCUT2D eigenvalue weighted by atomic mass is 16.5. The van der Waals surface area contributed by atoms with Crippen molar-refractivity contribution in [2.75, 3.05) is 50.9 Å². The average molecular weight is 347 g/mol. The van der Waals surface area contributed by atoms with E-state index >= 15 is 0 Å². The summed E-state index contributed by atoms with van der Waals surface area (Å²) in [7, 11) is 0. The molecule has 1 aromatic carbocycles. The summed E-state index contributed by atoms with van der Waals surface area (Å²) in [6, 6.07) is 4.98. The number of benzene rings is 1. The number of rotatable bonds is 6. The largest absolute Gasteiger partial charge is 0.494 e. The smallest absolute Gasteiger partial charge is 0.254 e. The molecule has 3 rings (SSSR count). The van der Waals surface area contributed by atoms with Crippen molar-refractivity contribution in [3.63, 3.8) is 0 Å². The minimum absolute atomic E-state index is 0.0906. The van der Waals surface area contributed by atoms with E-state index in [-0.39, 0.29) is 11.8 Å². The minimum Gasteiger partial charge on any atom is -0.494 e. The van der Waals surface area contributed by atoms with Crippen LogP contribution in [0.5, 0.6) is 5.75 Å². The molecule has 0 spiro atoms. The number of anilines is 1. The van der Waals surface area contributed by atoms with Crippen molar-refractivity contribution in [2.24, 2.45) is 0 Å². The molecule has 1 atom stereocenters. The zero-order valence-corrected chi connectivity index (χ0v) is 14.8. The Balaban J connectivity index is 1.79. The summed E-state index contributed by atoms with van der Waals surface area (Å²) in [5.74, 6) is 0.396. The Labute approximate surface area is 147 Å². The number of morpholine rings is 1. The molecule has 1 fully saturated rings. The van der Waals surface area contributed by atoms with Gasteiger partial charge in [0.25, 0.3) is 5.91 Å². The standard InChI is InChI=1S/C18H25N3O4/c1-3-25-14-4-5-16-15(12-14)17(19-13(2)22)18(23)21(16)7-6-20-8-10-24-11-9-20/h4-5,12,17H,3,6-11H2,1-2H3,(H,19,22)/t17-/m1/s1. The predicted molar refractivity (Wildman–Crippen MR) is 93.8 cm³/mol. The number of carbonyl (C=O) groups excluding carboxylic acids is 2. The van der Waals surface area contributed by atoms with Gasteiger partial charge in [0.1, 0.15) is 11.8 Å². The Morgan fingerprint density at radius 3 is 2.76 bits per heavy atom. The fourth-order valence-corrected chi connectivity index (χ4v) is 3.31. The third kappa shape index (κ3) is 3.93. The quantitative estimate of drug-likeness (QED) is 0.829. The van der Waals surface area contributed by atoms with Crippen molar-refractivity contribution in [3.05, 3.63) is 23.8 Å². The highest BCUT2D eigenvalue weighted by molar-refractivity contribution is 6.06. The van der Waals surface area contributed by atoms with E-state index in [4.69, 9.17) is 9.47 Å². The second kappa shape index (κ2) is 7.84. The van der Waals surface area contributed by atoms with Gasteiger partial charge in [-0.05, 0) is 25.1 Å². The molecule has 1 saturated heterocycles. The van der Waals surface area contributed by atoms with E-state index in [0.717, 1.165) is 44.1 Å². The Bertz CT molecular complexity index is 643. The molecule has 0 aliphatic carbocycles. The van der Waals surface area contributed by atoms with Gasteiger partial charge in [-0.15, -0.1) is 0 Å². The first-order valence-corrected chi connectivity index (χ1v) is 8.75. The van der Waals surface area contributed by atoms with Crippen molar-refractivity contribution < 1.29 is 19.1 Å². The van der Waals surface area contributed by atoms with Crippen LogP contribution in [0, 0.1) is 0 Å². The van der Waals surface area contributed by atoms with Crippen LogP contribution in [0.25, 0.3) is 0 Å². The third-order valence-corrected chi connectivity index (χ3v) is 4.52. The van der Waals surface area contributed by atoms with Crippen LogP contribution >= 0.6 is 0 Å². The molecule has 2 heterocycles. The van der Waals surface area contributed by atoms with E-state index < -0.39 is 6.04 Å². The Hall–Kier alpha value is -2.12. The first-order valence-electron chi connectivity index (χ1n) is 8.75. The molecule has 2 aliphatic heterocycles. The summed E-state index contributed by atoms with van der Waals surface area (Å²) < 4.78 is 10.9. The molecular formula is C18H25N3O4. The van der Waals surface area contributed by atoms with Crippen LogP contribution in [0.15, 0.2) is 18.2 Å². The molecule has 0 unspecified atom stereocenters. The summed E-state index contributed by atoms with van der Waals surface area (Å²) in [5, 5.41) is 2.77. The lowest BCUT2D eigenvalue weighted by molar-refractivity contribution is -0.126. The molecule has 0 radical (unpaired) electrons. The predicted octanol–water partition coefficient (Wildman–Crippen LogP) is 0.941. The van der Waals surface area contributed by atoms with Crippen molar-refractivity contribution in [3.8, 4) is 5.75 Å². The number of amides is 2. The van der Waals surface area contributed by atoms with Gasteiger partial charge in [-0.25, -0.2) is 0 Å². The van der Waals surface area contributed by atoms with E-state index in [1.165, 1.54) is 6.92 Å². The molecule has 25 heavy (non-hydrogen) atoms. The van der Waals surface area contributed by atoms with E-state index in [2.05, 4.69) is 10.2 Å². The molecule has 2 amide bonds. The number of nitrogens with zero attached hydrogens (tertiary/aromatic N) is 2. The summed E-state index contributed by atoms with van der Waals surface area (Å²) >= 11 is 0. The molecule has 1 N–H and O–H groups in total. The number of carbonyl (C=O) groups is 2. The van der Waals surface area contributed by atoms with Gasteiger partial charge in [-0.1, -0.05) is 0 Å². The average Bonchev–Trinajstić information content (AvgIpc) is 2.85. The second-order valence-electron chi connectivity index (χ2n) is 6.23. The van der Waals surface area contributed by atoms with Gasteiger partial charge >= 0.3 is 0 Å². The molecule has 136 valence electrons. The molecule has 7 heteroatoms. The maximum absolute atomic E-state index is 12.9. The van der Waals surface area contributed by atoms with Crippen molar-refractivity contribution in [2.45, 2.75) is 19.9 Å². The number of hydrogen-bond acceptors (Lipinski definition) is 5. The minimum atomic E-state index is -0.641. The van der Waals surface area contributed by atoms with E-state index in [1.807, 2.05) is 25.1 Å². The first kappa shape index (κ1) is 17.7. The molecular weight excluding hydrogens is 322 g/mol. The third-order valence-electron chi connectivity index (χ3n) is 4.52. The van der Waals surface area contributed by atoms with Crippen molar-refractivity contribution >= 4 is 17.5 Å². The summed E-state index contributed by atoms with van der Waals surface area (Å²) in [5.41, 5.74) is 1.65. The fourth-order valence-electron chi connectivity index (χ4n) is 3.31. The Morgan fingerprint density at radius 1 is 1.32 bits per heavy atom. The van der Waals surface area contributed by atoms with Gasteiger partial charge in [0.05, 0.1) is 19.8 Å². The summed E-state index contributed by atoms with van der Waals surface area (Å²) in [6.07, 6.45) is 0. The van der Waals surface area contributed by atoms with Crippen LogP contribution in [0.2, 0.25) is 0 Å². The van der Waals surface area contributed by atoms with Gasteiger partial charge in [-0.3, -0.25) is 14.5 Å². The van der Waals surface area contributed by atoms with E-state index in [0.29, 0.717) is 18.9 Å². The molecule has 7 nitrogen and oxygen atoms in total. The van der Waals surface area contributed by atoms with Crippen LogP contribution < -0.4 is 15.0 Å². The fraction of sp³-hybridized carbons (Fsp3) is 0.556. The monoisotopic (exact) mass is 347 g/mol. The number of nitrogens with one attached hydrogen (secondary N) is 1. The second-order valence-corrected chi connectivity index (χ2v) is 6.23. The van der Waals surface area contributed by atoms with Gasteiger partial charge < -0.3 is 19.7 Å². The highest BCUT2D eigenvalue weighted by Crippen LogP contribution is 2.38. The SMILES string of the molecule is CCOc1ccc2c(c1)[C@@H](NC(C)=O)C(=O)N2CCN1CCOCC1. The van der Waals surface area contributed by atoms with Gasteiger partial charge in [0.15, 0.2) is 0 Å². The van der Waals surface area contributed by atoms with Gasteiger partial charge in [-0.2, -0.15) is 0 Å². The molecule has 0 aromatic heterocycles. The highest BCUT2D eigenvalue weighted by Gasteiger charge is 2.38. The van der Waals surface area contributed by atoms with Gasteiger partial charge in [0, 0.05) is 44.4 Å². The number of ether oxygens (including phenoxy) is 2. The Morgan fingerprint density at radius 2 is 2.08 bits per heavy atom. The summed E-state index contributed by atoms with van der Waals surface area (Å²) in [4.78, 5) is 28.5. The lowest BCUT2D eigenvalue weighted by Crippen LogP contribution is -2.43. The lowest BCUT2D eigenvalue weighted by atomic mass is 10.1. The number of fused-ring (bicyclic) bond motifs is 1. The van der Waals surface area contributed by atoms with Gasteiger partial charge in [0.2, 0.25) is 5.91 Å². The number of hydrogen-bond donors (Lipinski definition) is 1. The van der Waals surface area contributed by atoms with E-state index in [9.17, 15) is 9.59 Å². The maximum Gasteiger partial charge on any atom is 0.254 e. The van der Waals surface area contributed by atoms with Crippen LogP contribution in [0.1, 0.15) is 25.5 Å². The van der Waals surface area contributed by atoms with Crippen LogP contribution in [0.3, 0.4) is 0 Å². The van der Waals surface area contributed by atoms with E-state index in [1.54, 1.807) is 4.90 Å². The maximum atomic E-state index is 12.9. The Kier molecular flexibility index (Phi) is 5.55. The van der Waals surface area contributed by atoms with Crippen molar-refractivity contribution in [1.29, 1.82) is 0 Å². The normalized spacial score (nSPS) is 20.5. The molecule has 0 bridgehead atoms. The van der Waals surface area contributed by atoms with Crippen LogP contribution in [0.4, 0.5) is 5.69 Å². The molecule has 1 aromatic rings. The zero-order valence-electron chi connectivity index (χ0n) is 14.8. The van der Waals surface area contributed by atoms with Crippen LogP contribution in [-0.2, 0) is 14.3 Å². The molecule has 0 saturated carbocycles. The molecule has 2 aliphatic rings.